The monoisotopic (exact) mass is 1350 g/mol. The second-order valence-electron chi connectivity index (χ2n) is 26.0. The van der Waals surface area contributed by atoms with Crippen LogP contribution in [0.5, 0.6) is 0 Å². The van der Waals surface area contributed by atoms with E-state index in [4.69, 9.17) is 37.0 Å². The Morgan fingerprint density at radius 3 is 0.750 bits per heavy atom. The number of hydrogen-bond acceptors (Lipinski definition) is 15. The van der Waals surface area contributed by atoms with E-state index in [1.165, 1.54) is 186 Å². The third-order valence-corrected chi connectivity index (χ3v) is 18.7. The summed E-state index contributed by atoms with van der Waals surface area (Å²) in [6.45, 7) is 4.94. The van der Waals surface area contributed by atoms with Gasteiger partial charge in [-0.15, -0.1) is 0 Å². The van der Waals surface area contributed by atoms with Gasteiger partial charge in [-0.05, 0) is 51.4 Å². The van der Waals surface area contributed by atoms with Gasteiger partial charge in [-0.1, -0.05) is 310 Å². The molecule has 0 amide bonds. The van der Waals surface area contributed by atoms with E-state index in [0.29, 0.717) is 25.7 Å². The second kappa shape index (κ2) is 67.4. The van der Waals surface area contributed by atoms with Gasteiger partial charge in [0.15, 0.2) is 12.2 Å². The lowest BCUT2D eigenvalue weighted by atomic mass is 10.0. The summed E-state index contributed by atoms with van der Waals surface area (Å²) in [5.74, 6) is -2.13. The maximum Gasteiger partial charge on any atom is 0.472 e. The molecule has 0 saturated heterocycles. The number of ether oxygens (including phenoxy) is 4. The van der Waals surface area contributed by atoms with Crippen LogP contribution in [0.3, 0.4) is 0 Å². The summed E-state index contributed by atoms with van der Waals surface area (Å²) in [5, 5.41) is 10.6. The van der Waals surface area contributed by atoms with Crippen molar-refractivity contribution in [1.82, 2.24) is 0 Å². The fraction of sp³-hybridized carbons (Fsp3) is 0.918. The highest BCUT2D eigenvalue weighted by Gasteiger charge is 2.30. The summed E-state index contributed by atoms with van der Waals surface area (Å²) in [6.07, 6.45) is 57.7. The van der Waals surface area contributed by atoms with E-state index in [1.807, 2.05) is 0 Å². The molecule has 5 atom stereocenters. The molecule has 0 aromatic heterocycles. The summed E-state index contributed by atoms with van der Waals surface area (Å²) >= 11 is 0. The molecule has 0 radical (unpaired) electrons. The Balaban J connectivity index is 5.25. The molecular formula is C73H140O17P2. The molecule has 0 aromatic carbocycles. The molecule has 0 aliphatic carbocycles. The summed E-state index contributed by atoms with van der Waals surface area (Å²) in [7, 11) is -9.91. The molecule has 0 aliphatic heterocycles. The first kappa shape index (κ1) is 89.8. The van der Waals surface area contributed by atoms with Crippen molar-refractivity contribution in [3.8, 4) is 0 Å². The van der Waals surface area contributed by atoms with Gasteiger partial charge in [0, 0.05) is 25.7 Å². The number of phosphoric ester groups is 2. The molecular weight excluding hydrogens is 1210 g/mol. The van der Waals surface area contributed by atoms with E-state index in [2.05, 4.69) is 39.8 Å². The zero-order valence-corrected chi connectivity index (χ0v) is 61.1. The highest BCUT2D eigenvalue weighted by molar-refractivity contribution is 7.47. The molecule has 3 N–H and O–H groups in total. The van der Waals surface area contributed by atoms with Crippen LogP contribution in [-0.4, -0.2) is 96.7 Å². The topological polar surface area (TPSA) is 237 Å². The van der Waals surface area contributed by atoms with Crippen molar-refractivity contribution in [2.45, 2.75) is 393 Å². The van der Waals surface area contributed by atoms with Crippen molar-refractivity contribution in [3.05, 3.63) is 12.2 Å². The number of aliphatic hydroxyl groups excluding tert-OH is 1. The Kier molecular flexibility index (Phi) is 65.8. The van der Waals surface area contributed by atoms with Crippen molar-refractivity contribution >= 4 is 39.5 Å². The molecule has 92 heavy (non-hydrogen) atoms. The first-order valence-electron chi connectivity index (χ1n) is 37.9. The number of unbranched alkanes of at least 4 members (excludes halogenated alkanes) is 45. The normalized spacial score (nSPS) is 14.0. The zero-order chi connectivity index (χ0) is 67.5. The van der Waals surface area contributed by atoms with Crippen LogP contribution in [0.4, 0.5) is 0 Å². The average Bonchev–Trinajstić information content (AvgIpc) is 2.24. The van der Waals surface area contributed by atoms with Gasteiger partial charge in [-0.25, -0.2) is 9.13 Å². The van der Waals surface area contributed by atoms with Crippen molar-refractivity contribution < 1.29 is 80.2 Å². The van der Waals surface area contributed by atoms with Crippen molar-refractivity contribution in [1.29, 1.82) is 0 Å². The highest BCUT2D eigenvalue weighted by atomic mass is 31.2. The van der Waals surface area contributed by atoms with Gasteiger partial charge in [0.2, 0.25) is 0 Å². The molecule has 0 bridgehead atoms. The molecule has 0 heterocycles. The molecule has 17 nitrogen and oxygen atoms in total. The van der Waals surface area contributed by atoms with Crippen LogP contribution in [0, 0.1) is 0 Å². The molecule has 19 heteroatoms. The van der Waals surface area contributed by atoms with E-state index < -0.39 is 97.5 Å². The summed E-state index contributed by atoms with van der Waals surface area (Å²) in [6, 6.07) is 0. The van der Waals surface area contributed by atoms with Gasteiger partial charge in [0.05, 0.1) is 26.4 Å². The number of hydrogen-bond donors (Lipinski definition) is 3. The van der Waals surface area contributed by atoms with E-state index in [9.17, 15) is 43.2 Å². The molecule has 544 valence electrons. The number of allylic oxidation sites excluding steroid dienone is 2. The number of carbonyl (C=O) groups is 4. The Bertz CT molecular complexity index is 1800. The van der Waals surface area contributed by atoms with Crippen LogP contribution in [0.25, 0.3) is 0 Å². The lowest BCUT2D eigenvalue weighted by molar-refractivity contribution is -0.161. The van der Waals surface area contributed by atoms with Gasteiger partial charge in [0.1, 0.15) is 19.3 Å². The van der Waals surface area contributed by atoms with Crippen molar-refractivity contribution in [2.75, 3.05) is 39.6 Å². The first-order chi connectivity index (χ1) is 44.7. The van der Waals surface area contributed by atoms with Gasteiger partial charge in [0.25, 0.3) is 0 Å². The Hall–Kier alpha value is -2.20. The maximum absolute atomic E-state index is 13.0. The zero-order valence-electron chi connectivity index (χ0n) is 59.3. The SMILES string of the molecule is CCCCCCCC/C=C\CCCCCCCC(=O)OCC(COP(=O)(O)OCC(O)COP(=O)(O)OCC(COC(=O)CCCCCCCCCCCCCCC)OC(=O)CCCCCCCCCCCCCCC)OC(=O)CCCCCCCCCCCCC. The van der Waals surface area contributed by atoms with Crippen LogP contribution in [0.2, 0.25) is 0 Å². The summed E-state index contributed by atoms with van der Waals surface area (Å²) < 4.78 is 68.4. The van der Waals surface area contributed by atoms with E-state index >= 15 is 0 Å². The lowest BCUT2D eigenvalue weighted by Crippen LogP contribution is -2.30. The fourth-order valence-electron chi connectivity index (χ4n) is 10.9. The molecule has 0 fully saturated rings. The number of carbonyl (C=O) groups excluding carboxylic acids is 4. The van der Waals surface area contributed by atoms with Crippen LogP contribution >= 0.6 is 15.6 Å². The number of rotatable bonds is 73. The van der Waals surface area contributed by atoms with Crippen LogP contribution in [0.15, 0.2) is 12.2 Å². The minimum atomic E-state index is -4.95. The maximum atomic E-state index is 13.0. The number of phosphoric acid groups is 2. The smallest absolute Gasteiger partial charge is 0.462 e. The van der Waals surface area contributed by atoms with E-state index in [0.717, 1.165) is 109 Å². The molecule has 0 spiro atoms. The predicted octanol–water partition coefficient (Wildman–Crippen LogP) is 21.2. The largest absolute Gasteiger partial charge is 0.472 e. The fourth-order valence-corrected chi connectivity index (χ4v) is 12.5. The number of esters is 4. The second-order valence-corrected chi connectivity index (χ2v) is 28.9. The average molecular weight is 1350 g/mol. The third-order valence-electron chi connectivity index (χ3n) is 16.8. The first-order valence-corrected chi connectivity index (χ1v) is 40.9. The van der Waals surface area contributed by atoms with Gasteiger partial charge < -0.3 is 33.8 Å². The quantitative estimate of drug-likeness (QED) is 0.0169. The number of aliphatic hydroxyl groups is 1. The minimum absolute atomic E-state index is 0.104. The van der Waals surface area contributed by atoms with Crippen LogP contribution in [-0.2, 0) is 65.4 Å². The Morgan fingerprint density at radius 1 is 0.293 bits per heavy atom. The summed E-state index contributed by atoms with van der Waals surface area (Å²) in [5.41, 5.74) is 0. The van der Waals surface area contributed by atoms with Crippen LogP contribution in [0.1, 0.15) is 374 Å². The van der Waals surface area contributed by atoms with E-state index in [1.54, 1.807) is 0 Å². The van der Waals surface area contributed by atoms with E-state index in [-0.39, 0.29) is 25.7 Å². The third kappa shape index (κ3) is 66.4. The van der Waals surface area contributed by atoms with Gasteiger partial charge in [-0.2, -0.15) is 0 Å². The van der Waals surface area contributed by atoms with Gasteiger partial charge in [-0.3, -0.25) is 37.3 Å². The lowest BCUT2D eigenvalue weighted by Gasteiger charge is -2.21. The standard InChI is InChI=1S/C73H140O17P2/c1-5-9-13-17-21-25-29-32-33-36-39-42-46-50-54-58-71(76)84-63-68(89-72(77)59-55-51-47-43-37-28-24-20-16-12-8-4)65-87-91(79,80)85-61-67(74)62-86-92(81,82)88-66-69(90-73(78)60-56-52-48-44-40-35-31-27-23-19-15-11-7-3)64-83-70(75)57-53-49-45-41-38-34-30-26-22-18-14-10-6-2/h32-33,67-69,74H,5-31,34-66H2,1-4H3,(H,79,80)(H,81,82)/b33-32-. The molecule has 0 aliphatic rings. The van der Waals surface area contributed by atoms with Crippen molar-refractivity contribution in [3.63, 3.8) is 0 Å². The Morgan fingerprint density at radius 2 is 0.500 bits per heavy atom. The molecule has 0 saturated carbocycles. The summed E-state index contributed by atoms with van der Waals surface area (Å²) in [4.78, 5) is 72.7. The van der Waals surface area contributed by atoms with Gasteiger partial charge >= 0.3 is 39.5 Å². The minimum Gasteiger partial charge on any atom is -0.462 e. The predicted molar refractivity (Wildman–Crippen MR) is 372 cm³/mol. The molecule has 0 rings (SSSR count). The molecule has 0 aromatic rings. The highest BCUT2D eigenvalue weighted by Crippen LogP contribution is 2.45. The van der Waals surface area contributed by atoms with Crippen molar-refractivity contribution in [2.24, 2.45) is 0 Å². The molecule has 5 unspecified atom stereocenters. The van der Waals surface area contributed by atoms with Crippen LogP contribution < -0.4 is 0 Å². The Labute approximate surface area is 561 Å².